The standard InChI is InChI=1S/C31H35N5O7/c1-41-27-9-4-8-22(16-27)28-31(30(40)34-25(19-38)20-39,17-23-6-2-3-7-24(23)18-33-36-32)35-29(43-28)21-10-12-26(13-11-21)42-15-5-14-37/h2-4,6-13,16,25,28,37-39H,5,14-15,17-20H2,1H3,(H,34,40)/t28-,31-/m1/s1. The number of nitrogens with zero attached hydrogens (tertiary/aromatic N) is 4. The molecule has 0 aromatic heterocycles. The first-order valence-electron chi connectivity index (χ1n) is 13.8. The van der Waals surface area contributed by atoms with E-state index in [4.69, 9.17) is 29.8 Å². The lowest BCUT2D eigenvalue weighted by atomic mass is 9.80. The van der Waals surface area contributed by atoms with Crippen molar-refractivity contribution in [3.8, 4) is 11.5 Å². The zero-order valence-electron chi connectivity index (χ0n) is 23.8. The molecule has 226 valence electrons. The molecule has 1 amide bonds. The van der Waals surface area contributed by atoms with Crippen LogP contribution in [0.2, 0.25) is 0 Å². The first-order chi connectivity index (χ1) is 21.0. The fourth-order valence-corrected chi connectivity index (χ4v) is 4.83. The second kappa shape index (κ2) is 15.0. The van der Waals surface area contributed by atoms with Gasteiger partial charge < -0.3 is 34.8 Å². The van der Waals surface area contributed by atoms with Crippen molar-refractivity contribution in [2.75, 3.05) is 33.5 Å². The number of aliphatic hydroxyl groups is 3. The van der Waals surface area contributed by atoms with Gasteiger partial charge in [0, 0.05) is 29.9 Å². The SMILES string of the molecule is COc1cccc([C@H]2OC(c3ccc(OCCCO)cc3)=N[C@@]2(Cc2ccccc2CN=[N+]=[N-])C(=O)NC(CO)CO)c1. The fourth-order valence-electron chi connectivity index (χ4n) is 4.83. The van der Waals surface area contributed by atoms with Gasteiger partial charge in [-0.25, -0.2) is 4.99 Å². The molecule has 1 heterocycles. The van der Waals surface area contributed by atoms with Crippen LogP contribution in [-0.2, 0) is 22.5 Å². The molecule has 12 nitrogen and oxygen atoms in total. The van der Waals surface area contributed by atoms with Gasteiger partial charge in [-0.3, -0.25) is 4.79 Å². The summed E-state index contributed by atoms with van der Waals surface area (Å²) >= 11 is 0. The highest BCUT2D eigenvalue weighted by atomic mass is 16.5. The predicted molar refractivity (Wildman–Crippen MR) is 159 cm³/mol. The van der Waals surface area contributed by atoms with Crippen molar-refractivity contribution in [2.24, 2.45) is 10.1 Å². The summed E-state index contributed by atoms with van der Waals surface area (Å²) in [6, 6.07) is 20.5. The number of aliphatic imine (C=N–C) groups is 1. The zero-order chi connectivity index (χ0) is 30.7. The first kappa shape index (κ1) is 31.3. The van der Waals surface area contributed by atoms with Gasteiger partial charge in [0.05, 0.1) is 39.5 Å². The molecule has 0 unspecified atom stereocenters. The van der Waals surface area contributed by atoms with E-state index in [-0.39, 0.29) is 25.5 Å². The molecule has 4 N–H and O–H groups in total. The molecule has 12 heteroatoms. The Morgan fingerprint density at radius 3 is 2.49 bits per heavy atom. The van der Waals surface area contributed by atoms with E-state index in [0.29, 0.717) is 46.8 Å². The number of benzene rings is 3. The Morgan fingerprint density at radius 1 is 1.07 bits per heavy atom. The number of carbonyl (C=O) groups excluding carboxylic acids is 1. The van der Waals surface area contributed by atoms with E-state index >= 15 is 0 Å². The molecule has 1 aliphatic rings. The summed E-state index contributed by atoms with van der Waals surface area (Å²) < 4.78 is 17.6. The summed E-state index contributed by atoms with van der Waals surface area (Å²) in [5, 5.41) is 35.1. The second-order valence-corrected chi connectivity index (χ2v) is 9.94. The van der Waals surface area contributed by atoms with Gasteiger partial charge in [0.15, 0.2) is 11.6 Å². The van der Waals surface area contributed by atoms with Gasteiger partial charge in [0.1, 0.15) is 11.5 Å². The summed E-state index contributed by atoms with van der Waals surface area (Å²) in [6.07, 6.45) is -0.391. The van der Waals surface area contributed by atoms with Crippen molar-refractivity contribution in [1.29, 1.82) is 0 Å². The van der Waals surface area contributed by atoms with Crippen LogP contribution in [0.25, 0.3) is 10.4 Å². The normalized spacial score (nSPS) is 17.5. The Labute approximate surface area is 249 Å². The van der Waals surface area contributed by atoms with Crippen molar-refractivity contribution in [3.63, 3.8) is 0 Å². The molecule has 0 spiro atoms. The molecule has 3 aromatic rings. The molecule has 4 rings (SSSR count). The fraction of sp³-hybridized carbons (Fsp3) is 0.355. The maximum Gasteiger partial charge on any atom is 0.253 e. The highest BCUT2D eigenvalue weighted by Gasteiger charge is 2.54. The van der Waals surface area contributed by atoms with Gasteiger partial charge in [-0.15, -0.1) is 0 Å². The van der Waals surface area contributed by atoms with Crippen molar-refractivity contribution >= 4 is 11.8 Å². The van der Waals surface area contributed by atoms with Crippen molar-refractivity contribution in [2.45, 2.75) is 37.1 Å². The van der Waals surface area contributed by atoms with Crippen LogP contribution in [0.1, 0.15) is 34.8 Å². The Kier molecular flexibility index (Phi) is 11.0. The van der Waals surface area contributed by atoms with E-state index in [2.05, 4.69) is 15.3 Å². The topological polar surface area (TPSA) is 179 Å². The van der Waals surface area contributed by atoms with Crippen LogP contribution < -0.4 is 14.8 Å². The van der Waals surface area contributed by atoms with Gasteiger partial charge in [-0.1, -0.05) is 41.5 Å². The van der Waals surface area contributed by atoms with Gasteiger partial charge in [-0.2, -0.15) is 0 Å². The summed E-state index contributed by atoms with van der Waals surface area (Å²) in [5.74, 6) is 0.804. The smallest absolute Gasteiger partial charge is 0.253 e. The van der Waals surface area contributed by atoms with Crippen molar-refractivity contribution < 1.29 is 34.3 Å². The first-order valence-corrected chi connectivity index (χ1v) is 13.8. The van der Waals surface area contributed by atoms with Crippen LogP contribution >= 0.6 is 0 Å². The zero-order valence-corrected chi connectivity index (χ0v) is 23.8. The average Bonchev–Trinajstić information content (AvgIpc) is 3.44. The number of ether oxygens (including phenoxy) is 3. The number of methoxy groups -OCH3 is 1. The summed E-state index contributed by atoms with van der Waals surface area (Å²) in [6.45, 7) is -0.507. The molecular formula is C31H35N5O7. The molecule has 3 aromatic carbocycles. The summed E-state index contributed by atoms with van der Waals surface area (Å²) in [5.41, 5.74) is 9.99. The van der Waals surface area contributed by atoms with E-state index in [1.165, 1.54) is 0 Å². The number of carbonyl (C=O) groups is 1. The highest BCUT2D eigenvalue weighted by molar-refractivity contribution is 6.01. The van der Waals surface area contributed by atoms with Gasteiger partial charge in [0.25, 0.3) is 5.91 Å². The summed E-state index contributed by atoms with van der Waals surface area (Å²) in [4.78, 5) is 22.1. The monoisotopic (exact) mass is 589 g/mol. The van der Waals surface area contributed by atoms with E-state index in [9.17, 15) is 15.0 Å². The molecule has 0 saturated carbocycles. The predicted octanol–water partition coefficient (Wildman–Crippen LogP) is 3.24. The lowest BCUT2D eigenvalue weighted by molar-refractivity contribution is -0.130. The van der Waals surface area contributed by atoms with E-state index < -0.39 is 36.8 Å². The number of nitrogens with one attached hydrogen (secondary N) is 1. The molecule has 0 radical (unpaired) electrons. The number of azide groups is 1. The Bertz CT molecular complexity index is 1450. The molecule has 0 aliphatic carbocycles. The molecule has 1 aliphatic heterocycles. The Balaban J connectivity index is 1.85. The summed E-state index contributed by atoms with van der Waals surface area (Å²) in [7, 11) is 1.54. The minimum Gasteiger partial charge on any atom is -0.497 e. The van der Waals surface area contributed by atoms with Crippen molar-refractivity contribution in [1.82, 2.24) is 5.32 Å². The lowest BCUT2D eigenvalue weighted by Gasteiger charge is -2.32. The number of aliphatic hydroxyl groups excluding tert-OH is 3. The van der Waals surface area contributed by atoms with Crippen LogP contribution in [0.4, 0.5) is 0 Å². The van der Waals surface area contributed by atoms with E-state index in [1.54, 1.807) is 49.6 Å². The largest absolute Gasteiger partial charge is 0.497 e. The van der Waals surface area contributed by atoms with E-state index in [1.807, 2.05) is 30.3 Å². The number of rotatable bonds is 15. The third-order valence-electron chi connectivity index (χ3n) is 7.09. The Hall–Kier alpha value is -4.61. The van der Waals surface area contributed by atoms with E-state index in [0.717, 1.165) is 0 Å². The second-order valence-electron chi connectivity index (χ2n) is 9.94. The van der Waals surface area contributed by atoms with Crippen LogP contribution in [0, 0.1) is 0 Å². The minimum atomic E-state index is -1.60. The highest BCUT2D eigenvalue weighted by Crippen LogP contribution is 2.43. The number of hydrogen-bond donors (Lipinski definition) is 4. The van der Waals surface area contributed by atoms with Gasteiger partial charge in [0.2, 0.25) is 5.90 Å². The molecule has 0 saturated heterocycles. The maximum absolute atomic E-state index is 14.3. The van der Waals surface area contributed by atoms with Crippen LogP contribution in [-0.4, -0.2) is 72.2 Å². The number of amides is 1. The van der Waals surface area contributed by atoms with Crippen LogP contribution in [0.15, 0.2) is 82.9 Å². The van der Waals surface area contributed by atoms with Gasteiger partial charge >= 0.3 is 0 Å². The quantitative estimate of drug-likeness (QED) is 0.0909. The maximum atomic E-state index is 14.3. The molecule has 2 atom stereocenters. The molecule has 0 bridgehead atoms. The van der Waals surface area contributed by atoms with Crippen LogP contribution in [0.5, 0.6) is 11.5 Å². The third kappa shape index (κ3) is 7.43. The van der Waals surface area contributed by atoms with Crippen molar-refractivity contribution in [3.05, 3.63) is 105 Å². The molecular weight excluding hydrogens is 554 g/mol. The number of hydrogen-bond acceptors (Lipinski definition) is 9. The van der Waals surface area contributed by atoms with Crippen LogP contribution in [0.3, 0.4) is 0 Å². The van der Waals surface area contributed by atoms with Gasteiger partial charge in [-0.05, 0) is 58.6 Å². The minimum absolute atomic E-state index is 0.0257. The Morgan fingerprint density at radius 2 is 1.81 bits per heavy atom. The third-order valence-corrected chi connectivity index (χ3v) is 7.09. The molecule has 43 heavy (non-hydrogen) atoms. The average molecular weight is 590 g/mol. The molecule has 0 fully saturated rings. The lowest BCUT2D eigenvalue weighted by Crippen LogP contribution is -2.54.